The van der Waals surface area contributed by atoms with Crippen LogP contribution in [0.2, 0.25) is 0 Å². The van der Waals surface area contributed by atoms with E-state index >= 15 is 0 Å². The SMILES string of the molecule is Cc1ncsc1COc1ccc2oc(C)c(C(N)=O)c2c1CCC(F)F. The van der Waals surface area contributed by atoms with Gasteiger partial charge in [0.2, 0.25) is 6.43 Å². The van der Waals surface area contributed by atoms with Gasteiger partial charge in [0, 0.05) is 17.4 Å². The molecular formula is C18H18F2N2O3S. The monoisotopic (exact) mass is 380 g/mol. The summed E-state index contributed by atoms with van der Waals surface area (Å²) < 4.78 is 37.1. The van der Waals surface area contributed by atoms with Gasteiger partial charge in [0.05, 0.1) is 21.6 Å². The minimum absolute atomic E-state index is 0.0469. The molecule has 0 radical (unpaired) electrons. The van der Waals surface area contributed by atoms with Crippen molar-refractivity contribution in [2.45, 2.75) is 39.7 Å². The summed E-state index contributed by atoms with van der Waals surface area (Å²) in [6.45, 7) is 3.77. The van der Waals surface area contributed by atoms with Crippen LogP contribution in [0.25, 0.3) is 11.0 Å². The van der Waals surface area contributed by atoms with Crippen molar-refractivity contribution >= 4 is 28.2 Å². The average Bonchev–Trinajstić information content (AvgIpc) is 3.13. The molecule has 0 unspecified atom stereocenters. The molecule has 2 heterocycles. The normalized spacial score (nSPS) is 11.4. The first kappa shape index (κ1) is 18.3. The lowest BCUT2D eigenvalue weighted by Crippen LogP contribution is -2.12. The number of rotatable bonds is 7. The summed E-state index contributed by atoms with van der Waals surface area (Å²) in [5.41, 5.74) is 9.22. The number of aromatic nitrogens is 1. The van der Waals surface area contributed by atoms with Crippen molar-refractivity contribution in [2.75, 3.05) is 0 Å². The number of carbonyl (C=O) groups is 1. The second kappa shape index (κ2) is 7.41. The van der Waals surface area contributed by atoms with Crippen LogP contribution in [0.1, 0.15) is 38.7 Å². The fourth-order valence-electron chi connectivity index (χ4n) is 2.90. The molecule has 0 aliphatic heterocycles. The maximum Gasteiger partial charge on any atom is 0.252 e. The van der Waals surface area contributed by atoms with Crippen molar-refractivity contribution < 1.29 is 22.7 Å². The maximum atomic E-state index is 12.8. The molecule has 0 aliphatic carbocycles. The van der Waals surface area contributed by atoms with E-state index in [0.29, 0.717) is 28.0 Å². The van der Waals surface area contributed by atoms with E-state index in [4.69, 9.17) is 14.9 Å². The molecular weight excluding hydrogens is 362 g/mol. The van der Waals surface area contributed by atoms with Gasteiger partial charge in [-0.15, -0.1) is 11.3 Å². The molecule has 8 heteroatoms. The molecule has 26 heavy (non-hydrogen) atoms. The van der Waals surface area contributed by atoms with Gasteiger partial charge in [0.15, 0.2) is 0 Å². The first-order chi connectivity index (χ1) is 12.4. The van der Waals surface area contributed by atoms with E-state index < -0.39 is 12.3 Å². The van der Waals surface area contributed by atoms with Gasteiger partial charge in [-0.3, -0.25) is 4.79 Å². The Morgan fingerprint density at radius 1 is 1.38 bits per heavy atom. The third kappa shape index (κ3) is 3.55. The number of thiazole rings is 1. The molecule has 1 aromatic carbocycles. The van der Waals surface area contributed by atoms with E-state index in [9.17, 15) is 13.6 Å². The number of fused-ring (bicyclic) bond motifs is 1. The molecule has 0 bridgehead atoms. The highest BCUT2D eigenvalue weighted by atomic mass is 32.1. The maximum absolute atomic E-state index is 12.8. The summed E-state index contributed by atoms with van der Waals surface area (Å²) in [5, 5.41) is 0.453. The van der Waals surface area contributed by atoms with Gasteiger partial charge in [0.1, 0.15) is 23.7 Å². The predicted octanol–water partition coefficient (Wildman–Crippen LogP) is 4.38. The quantitative estimate of drug-likeness (QED) is 0.660. The largest absolute Gasteiger partial charge is 0.488 e. The summed E-state index contributed by atoms with van der Waals surface area (Å²) >= 11 is 1.46. The Balaban J connectivity index is 2.05. The lowest BCUT2D eigenvalue weighted by atomic mass is 9.99. The number of alkyl halides is 2. The average molecular weight is 380 g/mol. The zero-order chi connectivity index (χ0) is 18.8. The first-order valence-corrected chi connectivity index (χ1v) is 8.91. The molecule has 0 atom stereocenters. The van der Waals surface area contributed by atoms with E-state index in [-0.39, 0.29) is 25.0 Å². The number of benzene rings is 1. The van der Waals surface area contributed by atoms with Crippen molar-refractivity contribution in [3.8, 4) is 5.75 Å². The topological polar surface area (TPSA) is 78.3 Å². The number of aryl methyl sites for hydroxylation is 3. The number of carbonyl (C=O) groups excluding carboxylic acids is 1. The van der Waals surface area contributed by atoms with Crippen molar-refractivity contribution in [1.29, 1.82) is 0 Å². The first-order valence-electron chi connectivity index (χ1n) is 8.03. The molecule has 3 rings (SSSR count). The Bertz CT molecular complexity index is 949. The summed E-state index contributed by atoms with van der Waals surface area (Å²) in [4.78, 5) is 17.0. The van der Waals surface area contributed by atoms with Crippen LogP contribution >= 0.6 is 11.3 Å². The highest BCUT2D eigenvalue weighted by Crippen LogP contribution is 2.36. The van der Waals surface area contributed by atoms with Crippen LogP contribution in [-0.2, 0) is 13.0 Å². The molecule has 0 spiro atoms. The number of furan rings is 1. The summed E-state index contributed by atoms with van der Waals surface area (Å²) in [6, 6.07) is 3.34. The second-order valence-corrected chi connectivity index (χ2v) is 6.83. The third-order valence-electron chi connectivity index (χ3n) is 4.16. The van der Waals surface area contributed by atoms with Crippen molar-refractivity contribution in [1.82, 2.24) is 4.98 Å². The molecule has 0 aliphatic rings. The van der Waals surface area contributed by atoms with Gasteiger partial charge in [0.25, 0.3) is 5.91 Å². The molecule has 0 fully saturated rings. The Morgan fingerprint density at radius 3 is 2.77 bits per heavy atom. The Morgan fingerprint density at radius 2 is 2.15 bits per heavy atom. The minimum atomic E-state index is -2.47. The Hall–Kier alpha value is -2.48. The second-order valence-electron chi connectivity index (χ2n) is 5.89. The van der Waals surface area contributed by atoms with Gasteiger partial charge in [-0.25, -0.2) is 13.8 Å². The van der Waals surface area contributed by atoms with Crippen LogP contribution in [0.3, 0.4) is 0 Å². The van der Waals surface area contributed by atoms with E-state index in [0.717, 1.165) is 10.6 Å². The predicted molar refractivity (Wildman–Crippen MR) is 95.0 cm³/mol. The van der Waals surface area contributed by atoms with Gasteiger partial charge >= 0.3 is 0 Å². The smallest absolute Gasteiger partial charge is 0.252 e. The fourth-order valence-corrected chi connectivity index (χ4v) is 3.59. The van der Waals surface area contributed by atoms with Crippen LogP contribution in [-0.4, -0.2) is 17.3 Å². The van der Waals surface area contributed by atoms with E-state index in [2.05, 4.69) is 4.98 Å². The van der Waals surface area contributed by atoms with Crippen molar-refractivity contribution in [3.63, 3.8) is 0 Å². The number of nitrogens with two attached hydrogens (primary N) is 1. The lowest BCUT2D eigenvalue weighted by molar-refractivity contribution is 0.1000. The number of hydrogen-bond acceptors (Lipinski definition) is 5. The van der Waals surface area contributed by atoms with Crippen molar-refractivity contribution in [3.05, 3.63) is 45.1 Å². The number of amides is 1. The number of nitrogens with zero attached hydrogens (tertiary/aromatic N) is 1. The van der Waals surface area contributed by atoms with Crippen molar-refractivity contribution in [2.24, 2.45) is 5.73 Å². The lowest BCUT2D eigenvalue weighted by Gasteiger charge is -2.13. The highest BCUT2D eigenvalue weighted by molar-refractivity contribution is 7.09. The summed E-state index contributed by atoms with van der Waals surface area (Å²) in [5.74, 6) is 0.144. The number of halogens is 2. The Labute approximate surface area is 152 Å². The van der Waals surface area contributed by atoms with Gasteiger partial charge in [-0.2, -0.15) is 0 Å². The molecule has 2 N–H and O–H groups in total. The van der Waals surface area contributed by atoms with Crippen LogP contribution in [0, 0.1) is 13.8 Å². The highest BCUT2D eigenvalue weighted by Gasteiger charge is 2.22. The van der Waals surface area contributed by atoms with E-state index in [1.165, 1.54) is 11.3 Å². The molecule has 138 valence electrons. The van der Waals surface area contributed by atoms with E-state index in [1.807, 2.05) is 6.92 Å². The van der Waals surface area contributed by atoms with Crippen LogP contribution in [0.4, 0.5) is 8.78 Å². The van der Waals surface area contributed by atoms with Crippen LogP contribution in [0.5, 0.6) is 5.75 Å². The fraction of sp³-hybridized carbons (Fsp3) is 0.333. The van der Waals surface area contributed by atoms with Crippen LogP contribution < -0.4 is 10.5 Å². The summed E-state index contributed by atoms with van der Waals surface area (Å²) in [6.07, 6.45) is -2.77. The number of ether oxygens (including phenoxy) is 1. The zero-order valence-electron chi connectivity index (χ0n) is 14.3. The molecule has 2 aromatic heterocycles. The Kier molecular flexibility index (Phi) is 5.22. The summed E-state index contributed by atoms with van der Waals surface area (Å²) in [7, 11) is 0. The number of hydrogen-bond donors (Lipinski definition) is 1. The van der Waals surface area contributed by atoms with Crippen LogP contribution in [0.15, 0.2) is 22.1 Å². The standard InChI is InChI=1S/C18H18F2N2O3S/c1-9-14(26-8-22-9)7-24-12-4-5-13-17(11(12)3-6-15(19)20)16(18(21)23)10(2)25-13/h4-5,8,15H,3,6-7H2,1-2H3,(H2,21,23). The van der Waals surface area contributed by atoms with E-state index in [1.54, 1.807) is 24.6 Å². The van der Waals surface area contributed by atoms with Gasteiger partial charge < -0.3 is 14.9 Å². The molecule has 1 amide bonds. The third-order valence-corrected chi connectivity index (χ3v) is 5.07. The minimum Gasteiger partial charge on any atom is -0.488 e. The zero-order valence-corrected chi connectivity index (χ0v) is 15.2. The molecule has 0 saturated heterocycles. The molecule has 3 aromatic rings. The number of primary amides is 1. The van der Waals surface area contributed by atoms with Gasteiger partial charge in [-0.1, -0.05) is 0 Å². The molecule has 0 saturated carbocycles. The molecule has 5 nitrogen and oxygen atoms in total. The van der Waals surface area contributed by atoms with Gasteiger partial charge in [-0.05, 0) is 32.4 Å².